The molecule has 3 heterocycles. The zero-order chi connectivity index (χ0) is 20.4. The number of anilines is 1. The van der Waals surface area contributed by atoms with Gasteiger partial charge in [0.15, 0.2) is 11.6 Å². The molecule has 30 heavy (non-hydrogen) atoms. The number of ketones is 1. The van der Waals surface area contributed by atoms with E-state index in [0.717, 1.165) is 34.6 Å². The Hall–Kier alpha value is -2.64. The van der Waals surface area contributed by atoms with Gasteiger partial charge in [0.1, 0.15) is 5.69 Å². The number of halogens is 1. The second-order valence-corrected chi connectivity index (χ2v) is 8.29. The number of piperidine rings is 1. The number of aromatic nitrogens is 2. The molecule has 0 atom stereocenters. The quantitative estimate of drug-likeness (QED) is 0.511. The molecular formula is C22H29ClN6O. The molecule has 0 bridgehead atoms. The maximum Gasteiger partial charge on any atom is 0.183 e. The Morgan fingerprint density at radius 3 is 2.77 bits per heavy atom. The highest BCUT2D eigenvalue weighted by Gasteiger charge is 2.24. The number of rotatable bonds is 5. The lowest BCUT2D eigenvalue weighted by molar-refractivity contribution is -0.912. The SMILES string of the molecule is CC1=C/C(=N\c2c(NCC[N+]3(C)CCCCC3)nn3ccccc23)C(N)=CC1=O.[Cl-]. The summed E-state index contributed by atoms with van der Waals surface area (Å²) in [6.07, 6.45) is 9.05. The summed E-state index contributed by atoms with van der Waals surface area (Å²) in [4.78, 5) is 16.6. The van der Waals surface area contributed by atoms with Crippen molar-refractivity contribution in [3.05, 3.63) is 47.8 Å². The van der Waals surface area contributed by atoms with Crippen LogP contribution in [0.25, 0.3) is 5.52 Å². The van der Waals surface area contributed by atoms with Gasteiger partial charge in [-0.2, -0.15) is 0 Å². The summed E-state index contributed by atoms with van der Waals surface area (Å²) < 4.78 is 2.92. The van der Waals surface area contributed by atoms with Crippen molar-refractivity contribution in [2.24, 2.45) is 10.7 Å². The average Bonchev–Trinajstić information content (AvgIpc) is 3.04. The minimum Gasteiger partial charge on any atom is -1.00 e. The third kappa shape index (κ3) is 4.57. The summed E-state index contributed by atoms with van der Waals surface area (Å²) in [5.41, 5.74) is 9.33. The highest BCUT2D eigenvalue weighted by Crippen LogP contribution is 2.31. The Labute approximate surface area is 183 Å². The van der Waals surface area contributed by atoms with E-state index in [1.54, 1.807) is 13.0 Å². The summed E-state index contributed by atoms with van der Waals surface area (Å²) in [5, 5.41) is 8.18. The van der Waals surface area contributed by atoms with Gasteiger partial charge in [0, 0.05) is 12.3 Å². The molecule has 0 saturated carbocycles. The minimum absolute atomic E-state index is 0. The predicted molar refractivity (Wildman–Crippen MR) is 116 cm³/mol. The van der Waals surface area contributed by atoms with Crippen molar-refractivity contribution in [1.82, 2.24) is 9.61 Å². The number of nitrogens with two attached hydrogens (primary N) is 1. The van der Waals surface area contributed by atoms with Crippen molar-refractivity contribution in [1.29, 1.82) is 0 Å². The zero-order valence-electron chi connectivity index (χ0n) is 17.6. The van der Waals surface area contributed by atoms with E-state index in [1.807, 2.05) is 28.9 Å². The summed E-state index contributed by atoms with van der Waals surface area (Å²) in [7, 11) is 2.34. The minimum atomic E-state index is -0.0712. The first-order valence-electron chi connectivity index (χ1n) is 10.3. The topological polar surface area (TPSA) is 84.8 Å². The van der Waals surface area contributed by atoms with Crippen molar-refractivity contribution in [2.75, 3.05) is 38.5 Å². The summed E-state index contributed by atoms with van der Waals surface area (Å²) in [6, 6.07) is 5.90. The van der Waals surface area contributed by atoms with Gasteiger partial charge in [-0.25, -0.2) is 9.51 Å². The number of likely N-dealkylation sites (tertiary alicyclic amines) is 1. The molecule has 1 aliphatic carbocycles. The Bertz CT molecular complexity index is 1030. The number of hydrogen-bond acceptors (Lipinski definition) is 5. The normalized spacial score (nSPS) is 19.9. The molecule has 1 saturated heterocycles. The summed E-state index contributed by atoms with van der Waals surface area (Å²) in [6.45, 7) is 6.14. The molecule has 0 radical (unpaired) electrons. The van der Waals surface area contributed by atoms with Crippen LogP contribution in [0.3, 0.4) is 0 Å². The van der Waals surface area contributed by atoms with Crippen LogP contribution in [0.5, 0.6) is 0 Å². The van der Waals surface area contributed by atoms with Crippen molar-refractivity contribution < 1.29 is 21.7 Å². The molecule has 3 N–H and O–H groups in total. The van der Waals surface area contributed by atoms with Crippen LogP contribution in [-0.2, 0) is 4.79 Å². The largest absolute Gasteiger partial charge is 1.00 e. The van der Waals surface area contributed by atoms with Crippen LogP contribution in [-0.4, -0.2) is 58.8 Å². The van der Waals surface area contributed by atoms with Crippen LogP contribution in [0.4, 0.5) is 11.5 Å². The van der Waals surface area contributed by atoms with Crippen LogP contribution in [0.2, 0.25) is 0 Å². The van der Waals surface area contributed by atoms with Crippen molar-refractivity contribution >= 4 is 28.5 Å². The summed E-state index contributed by atoms with van der Waals surface area (Å²) >= 11 is 0. The standard InChI is InChI=1S/C22H28N6O.ClH/c1-16-14-18(17(23)15-20(16)29)25-21-19-8-4-5-10-27(19)26-22(21)24-9-13-28(2)11-6-3-7-12-28;/h4-5,8,10,14-15H,3,6-7,9,11-13H2,1-2H3,(H2-,23,24,26,29);1H/b25-18+;. The molecule has 0 spiro atoms. The van der Waals surface area contributed by atoms with E-state index < -0.39 is 0 Å². The van der Waals surface area contributed by atoms with Gasteiger partial charge in [0.05, 0.1) is 50.2 Å². The van der Waals surface area contributed by atoms with E-state index >= 15 is 0 Å². The molecular weight excluding hydrogens is 400 g/mol. The fourth-order valence-electron chi connectivity index (χ4n) is 4.06. The lowest BCUT2D eigenvalue weighted by atomic mass is 10.0. The molecule has 1 aliphatic heterocycles. The van der Waals surface area contributed by atoms with E-state index in [0.29, 0.717) is 17.0 Å². The fraction of sp³-hybridized carbons (Fsp3) is 0.409. The Kier molecular flexibility index (Phi) is 6.63. The molecule has 160 valence electrons. The number of nitrogens with zero attached hydrogens (tertiary/aromatic N) is 4. The van der Waals surface area contributed by atoms with Crippen LogP contribution in [0.1, 0.15) is 26.2 Å². The number of hydrogen-bond donors (Lipinski definition) is 2. The van der Waals surface area contributed by atoms with Crippen LogP contribution in [0.15, 0.2) is 52.8 Å². The first-order chi connectivity index (χ1) is 14.0. The third-order valence-corrected chi connectivity index (χ3v) is 5.91. The first-order valence-corrected chi connectivity index (χ1v) is 10.3. The molecule has 7 nitrogen and oxygen atoms in total. The first kappa shape index (κ1) is 22.1. The lowest BCUT2D eigenvalue weighted by Gasteiger charge is -2.37. The van der Waals surface area contributed by atoms with Gasteiger partial charge in [-0.15, -0.1) is 5.10 Å². The van der Waals surface area contributed by atoms with Gasteiger partial charge in [0.2, 0.25) is 0 Å². The molecule has 8 heteroatoms. The van der Waals surface area contributed by atoms with E-state index in [4.69, 9.17) is 10.7 Å². The molecule has 4 rings (SSSR count). The van der Waals surface area contributed by atoms with Gasteiger partial charge in [-0.1, -0.05) is 6.07 Å². The maximum absolute atomic E-state index is 11.8. The molecule has 2 aliphatic rings. The number of nitrogens with one attached hydrogen (secondary N) is 1. The van der Waals surface area contributed by atoms with E-state index in [-0.39, 0.29) is 18.2 Å². The average molecular weight is 429 g/mol. The molecule has 2 aromatic heterocycles. The highest BCUT2D eigenvalue weighted by molar-refractivity contribution is 6.22. The number of aliphatic imine (C=N–C) groups is 1. The maximum atomic E-state index is 11.8. The van der Waals surface area contributed by atoms with Crippen LogP contribution < -0.4 is 23.5 Å². The number of pyridine rings is 1. The van der Waals surface area contributed by atoms with Gasteiger partial charge < -0.3 is 27.9 Å². The smallest absolute Gasteiger partial charge is 0.183 e. The Balaban J connectivity index is 0.00000256. The van der Waals surface area contributed by atoms with E-state index in [2.05, 4.69) is 17.5 Å². The number of likely N-dealkylation sites (N-methyl/N-ethyl adjacent to an activating group) is 1. The predicted octanol–water partition coefficient (Wildman–Crippen LogP) is -0.175. The number of carbonyl (C=O) groups excluding carboxylic acids is 1. The summed E-state index contributed by atoms with van der Waals surface area (Å²) in [5.74, 6) is 0.668. The monoisotopic (exact) mass is 428 g/mol. The van der Waals surface area contributed by atoms with Crippen LogP contribution in [0, 0.1) is 0 Å². The third-order valence-electron chi connectivity index (χ3n) is 5.91. The highest BCUT2D eigenvalue weighted by atomic mass is 35.5. The molecule has 2 aromatic rings. The second-order valence-electron chi connectivity index (χ2n) is 8.29. The lowest BCUT2D eigenvalue weighted by Crippen LogP contribution is -3.00. The van der Waals surface area contributed by atoms with E-state index in [1.165, 1.54) is 38.4 Å². The van der Waals surface area contributed by atoms with Gasteiger partial charge in [0.25, 0.3) is 0 Å². The Morgan fingerprint density at radius 2 is 2.00 bits per heavy atom. The van der Waals surface area contributed by atoms with Crippen molar-refractivity contribution in [2.45, 2.75) is 26.2 Å². The number of quaternary nitrogens is 1. The molecule has 1 fully saturated rings. The number of allylic oxidation sites excluding steroid dienone is 3. The Morgan fingerprint density at radius 1 is 1.23 bits per heavy atom. The number of carbonyl (C=O) groups is 1. The van der Waals surface area contributed by atoms with Gasteiger partial charge >= 0.3 is 0 Å². The van der Waals surface area contributed by atoms with Crippen molar-refractivity contribution in [3.8, 4) is 0 Å². The molecule has 0 aromatic carbocycles. The van der Waals surface area contributed by atoms with Crippen molar-refractivity contribution in [3.63, 3.8) is 0 Å². The fourth-order valence-corrected chi connectivity index (χ4v) is 4.06. The van der Waals surface area contributed by atoms with Crippen LogP contribution >= 0.6 is 0 Å². The van der Waals surface area contributed by atoms with Gasteiger partial charge in [-0.05, 0) is 50.0 Å². The zero-order valence-corrected chi connectivity index (χ0v) is 18.3. The number of fused-ring (bicyclic) bond motifs is 1. The second kappa shape index (κ2) is 9.02. The van der Waals surface area contributed by atoms with Gasteiger partial charge in [-0.3, -0.25) is 4.79 Å². The molecule has 0 amide bonds. The molecule has 0 unspecified atom stereocenters. The van der Waals surface area contributed by atoms with E-state index in [9.17, 15) is 4.79 Å².